The molecule has 3 aliphatic heterocycles. The van der Waals surface area contributed by atoms with Gasteiger partial charge >= 0.3 is 17.9 Å². The van der Waals surface area contributed by atoms with Gasteiger partial charge in [-0.15, -0.1) is 0 Å². The van der Waals surface area contributed by atoms with E-state index in [1.165, 1.54) is 0 Å². The summed E-state index contributed by atoms with van der Waals surface area (Å²) in [6, 6.07) is -0.641. The molecule has 2 fully saturated rings. The molecule has 0 radical (unpaired) electrons. The summed E-state index contributed by atoms with van der Waals surface area (Å²) in [6.45, 7) is 0. The van der Waals surface area contributed by atoms with Crippen molar-refractivity contribution in [1.82, 2.24) is 10.6 Å². The molecule has 8 N–H and O–H groups in total. The molecule has 14 nitrogen and oxygen atoms in total. The van der Waals surface area contributed by atoms with Gasteiger partial charge in [0.2, 0.25) is 23.4 Å². The Hall–Kier alpha value is -3.39. The molecule has 2 atom stereocenters. The van der Waals surface area contributed by atoms with Crippen molar-refractivity contribution >= 4 is 41.3 Å². The van der Waals surface area contributed by atoms with Gasteiger partial charge in [-0.05, 0) is 6.42 Å². The number of carbonyl (C=O) groups excluding carboxylic acids is 3. The molecule has 170 valence electrons. The number of carboxylic acid groups (broad SMARTS) is 3. The summed E-state index contributed by atoms with van der Waals surface area (Å²) in [5.74, 6) is -4.35. The average Bonchev–Trinajstić information content (AvgIpc) is 3.30. The number of amides is 3. The van der Waals surface area contributed by atoms with E-state index < -0.39 is 35.6 Å². The molecule has 0 spiro atoms. The van der Waals surface area contributed by atoms with Crippen molar-refractivity contribution < 1.29 is 54.7 Å². The third-order valence-electron chi connectivity index (χ3n) is 3.79. The van der Waals surface area contributed by atoms with E-state index in [1.807, 2.05) is 5.32 Å². The monoisotopic (exact) mass is 435 g/mol. The Bertz CT molecular complexity index is 734. The van der Waals surface area contributed by atoms with Crippen LogP contribution in [0.25, 0.3) is 0 Å². The molecule has 0 saturated carbocycles. The van der Waals surface area contributed by atoms with Crippen LogP contribution in [0.3, 0.4) is 0 Å². The maximum Gasteiger partial charge on any atom is 0.357 e. The van der Waals surface area contributed by atoms with Gasteiger partial charge in [-0.1, -0.05) is 7.43 Å². The molecule has 30 heavy (non-hydrogen) atoms. The molecular formula is C16H25N3O11. The van der Waals surface area contributed by atoms with Crippen molar-refractivity contribution in [3.05, 3.63) is 0 Å². The largest absolute Gasteiger partial charge is 0.480 e. The second kappa shape index (κ2) is 12.2. The highest BCUT2D eigenvalue weighted by Gasteiger charge is 2.42. The van der Waals surface area contributed by atoms with Crippen LogP contribution in [0.15, 0.2) is 4.99 Å². The first-order valence-electron chi connectivity index (χ1n) is 8.07. The van der Waals surface area contributed by atoms with Gasteiger partial charge in [-0.25, -0.2) is 19.4 Å². The van der Waals surface area contributed by atoms with Crippen molar-refractivity contribution in [2.24, 2.45) is 4.99 Å². The molecule has 0 aliphatic carbocycles. The lowest BCUT2D eigenvalue weighted by Gasteiger charge is -2.14. The molecule has 3 amide bonds. The van der Waals surface area contributed by atoms with E-state index >= 15 is 0 Å². The molecule has 2 saturated heterocycles. The maximum atomic E-state index is 10.4. The minimum absolute atomic E-state index is 0. The van der Waals surface area contributed by atoms with Crippen LogP contribution in [-0.4, -0.2) is 79.0 Å². The third-order valence-corrected chi connectivity index (χ3v) is 3.79. The Morgan fingerprint density at radius 1 is 0.967 bits per heavy atom. The number of nitrogens with zero attached hydrogens (tertiary/aromatic N) is 1. The first-order chi connectivity index (χ1) is 12.9. The van der Waals surface area contributed by atoms with Crippen LogP contribution in [-0.2, 0) is 28.8 Å². The van der Waals surface area contributed by atoms with Gasteiger partial charge < -0.3 is 36.5 Å². The van der Waals surface area contributed by atoms with Crippen molar-refractivity contribution in [2.75, 3.05) is 0 Å². The molecule has 3 rings (SSSR count). The Morgan fingerprint density at radius 3 is 1.77 bits per heavy atom. The van der Waals surface area contributed by atoms with Gasteiger partial charge in [0.25, 0.3) is 0 Å². The lowest BCUT2D eigenvalue weighted by molar-refractivity contribution is -0.161. The number of rotatable bonds is 3. The fourth-order valence-electron chi connectivity index (χ4n) is 2.25. The number of carboxylic acids is 3. The van der Waals surface area contributed by atoms with Crippen LogP contribution in [0.2, 0.25) is 0 Å². The fraction of sp³-hybridized carbons (Fsp3) is 0.562. The van der Waals surface area contributed by atoms with Gasteiger partial charge in [0, 0.05) is 32.1 Å². The summed E-state index contributed by atoms with van der Waals surface area (Å²) in [6.07, 6.45) is 1.32. The van der Waals surface area contributed by atoms with Crippen molar-refractivity contribution in [2.45, 2.75) is 57.7 Å². The first-order valence-corrected chi connectivity index (χ1v) is 8.07. The predicted molar refractivity (Wildman–Crippen MR) is 98.4 cm³/mol. The maximum absolute atomic E-state index is 10.4. The molecule has 3 aliphatic rings. The van der Waals surface area contributed by atoms with E-state index in [9.17, 15) is 28.8 Å². The third kappa shape index (κ3) is 8.74. The van der Waals surface area contributed by atoms with Crippen LogP contribution >= 0.6 is 0 Å². The van der Waals surface area contributed by atoms with Gasteiger partial charge in [0.1, 0.15) is 11.8 Å². The quantitative estimate of drug-likeness (QED) is 0.275. The number of aliphatic carboxylic acids is 3. The van der Waals surface area contributed by atoms with Gasteiger partial charge in [0.15, 0.2) is 0 Å². The number of aliphatic imine (C=N–C) groups is 1. The summed E-state index contributed by atoms with van der Waals surface area (Å²) in [4.78, 5) is 64.8. The summed E-state index contributed by atoms with van der Waals surface area (Å²) in [5.41, 5.74) is -2.03. The number of aliphatic hydroxyl groups is 1. The second-order valence-electron chi connectivity index (χ2n) is 5.97. The highest BCUT2D eigenvalue weighted by Crippen LogP contribution is 2.16. The Labute approximate surface area is 170 Å². The Balaban J connectivity index is 0. The molecule has 0 aromatic rings. The zero-order chi connectivity index (χ0) is 21.5. The van der Waals surface area contributed by atoms with Crippen LogP contribution in [0.5, 0.6) is 0 Å². The summed E-state index contributed by atoms with van der Waals surface area (Å²) >= 11 is 0. The fourth-order valence-corrected chi connectivity index (χ4v) is 2.25. The molecule has 0 bridgehead atoms. The van der Waals surface area contributed by atoms with Crippen molar-refractivity contribution in [3.63, 3.8) is 0 Å². The zero-order valence-electron chi connectivity index (χ0n) is 15.0. The molecule has 0 aromatic carbocycles. The van der Waals surface area contributed by atoms with Crippen molar-refractivity contribution in [1.29, 1.82) is 0 Å². The number of nitrogens with one attached hydrogen (secondary N) is 2. The average molecular weight is 435 g/mol. The number of hydrogen-bond donors (Lipinski definition) is 6. The molecule has 2 unspecified atom stereocenters. The smallest absolute Gasteiger partial charge is 0.357 e. The van der Waals surface area contributed by atoms with Crippen molar-refractivity contribution in [3.8, 4) is 0 Å². The van der Waals surface area contributed by atoms with Gasteiger partial charge in [-0.2, -0.15) is 0 Å². The minimum atomic E-state index is -2.02. The molecular weight excluding hydrogens is 410 g/mol. The second-order valence-corrected chi connectivity index (χ2v) is 5.97. The summed E-state index contributed by atoms with van der Waals surface area (Å²) in [7, 11) is 0. The van der Waals surface area contributed by atoms with Crippen LogP contribution in [0.4, 0.5) is 0 Å². The Morgan fingerprint density at radius 2 is 1.57 bits per heavy atom. The Kier molecular flexibility index (Phi) is 11.7. The van der Waals surface area contributed by atoms with E-state index in [0.29, 0.717) is 12.8 Å². The minimum Gasteiger partial charge on any atom is -0.480 e. The number of carbonyl (C=O) groups is 6. The van der Waals surface area contributed by atoms with Crippen LogP contribution in [0, 0.1) is 0 Å². The van der Waals surface area contributed by atoms with E-state index in [0.717, 1.165) is 0 Å². The molecule has 14 heteroatoms. The van der Waals surface area contributed by atoms with Crippen LogP contribution < -0.4 is 10.6 Å². The standard InChI is InChI=1S/C5H7NO4.C5H7NO3.C5H5NO3.CH4.H2O/c7-3-1-2-5(10,6-3)4(8)9;2*7-4-2-1-3(6-4)5(8)9;;/h10H,1-2H2,(H,6,7)(H,8,9);3H,1-2H2,(H,6,7)(H,8,9);1-2H2,(H,8,9);1H4;1H2. The van der Waals surface area contributed by atoms with Gasteiger partial charge in [0.05, 0.1) is 0 Å². The van der Waals surface area contributed by atoms with Crippen LogP contribution in [0.1, 0.15) is 46.0 Å². The zero-order valence-corrected chi connectivity index (χ0v) is 15.0. The van der Waals surface area contributed by atoms with E-state index in [2.05, 4.69) is 10.3 Å². The summed E-state index contributed by atoms with van der Waals surface area (Å²) < 4.78 is 0. The summed E-state index contributed by atoms with van der Waals surface area (Å²) in [5, 5.41) is 38.2. The normalized spacial score (nSPS) is 23.7. The first kappa shape index (κ1) is 28.8. The predicted octanol–water partition coefficient (Wildman–Crippen LogP) is -2.34. The van der Waals surface area contributed by atoms with E-state index in [4.69, 9.17) is 20.4 Å². The van der Waals surface area contributed by atoms with E-state index in [-0.39, 0.29) is 56.1 Å². The lowest BCUT2D eigenvalue weighted by Crippen LogP contribution is -2.48. The van der Waals surface area contributed by atoms with E-state index in [1.54, 1.807) is 0 Å². The molecule has 0 aromatic heterocycles. The van der Waals surface area contributed by atoms with Gasteiger partial charge in [-0.3, -0.25) is 14.4 Å². The highest BCUT2D eigenvalue weighted by molar-refractivity contribution is 6.39. The number of hydrogen-bond acceptors (Lipinski definition) is 7. The lowest BCUT2D eigenvalue weighted by atomic mass is 10.2. The topological polar surface area (TPSA) is 251 Å². The molecule has 3 heterocycles. The highest BCUT2D eigenvalue weighted by atomic mass is 16.4. The SMILES string of the molecule is C.O.O=C1CCC(C(=O)O)=N1.O=C1CCC(C(=O)O)N1.O=C1CCC(O)(C(=O)O)N1.